The zero-order chi connectivity index (χ0) is 18.5. The monoisotopic (exact) mass is 362 g/mol. The van der Waals surface area contributed by atoms with Gasteiger partial charge in [-0.1, -0.05) is 6.42 Å². The molecule has 2 heterocycles. The number of rotatable bonds is 6. The smallest absolute Gasteiger partial charge is 0.410 e. The molecule has 3 rings (SSSR count). The number of ketones is 1. The number of carbonyl (C=O) groups excluding carboxylic acids is 2. The second kappa shape index (κ2) is 8.40. The Kier molecular flexibility index (Phi) is 5.98. The summed E-state index contributed by atoms with van der Waals surface area (Å²) in [5, 5.41) is 0. The molecular weight excluding hydrogens is 336 g/mol. The normalized spacial score (nSPS) is 17.6. The zero-order valence-electron chi connectivity index (χ0n) is 15.4. The van der Waals surface area contributed by atoms with E-state index in [0.717, 1.165) is 19.6 Å². The van der Waals surface area contributed by atoms with Crippen molar-refractivity contribution >= 4 is 11.9 Å². The van der Waals surface area contributed by atoms with Crippen molar-refractivity contribution < 1.29 is 23.8 Å². The summed E-state index contributed by atoms with van der Waals surface area (Å²) in [5.74, 6) is 1.01. The number of piperidine rings is 1. The van der Waals surface area contributed by atoms with Gasteiger partial charge in [-0.2, -0.15) is 0 Å². The van der Waals surface area contributed by atoms with Gasteiger partial charge in [0.1, 0.15) is 6.61 Å². The third-order valence-electron chi connectivity index (χ3n) is 4.99. The number of likely N-dealkylation sites (N-methyl/N-ethyl adjacent to an activating group) is 1. The van der Waals surface area contributed by atoms with Crippen LogP contribution < -0.4 is 9.47 Å². The maximum atomic E-state index is 12.7. The topological polar surface area (TPSA) is 68.3 Å². The summed E-state index contributed by atoms with van der Waals surface area (Å²) in [6.07, 6.45) is 3.20. The lowest BCUT2D eigenvalue weighted by molar-refractivity contribution is 0.0711. The zero-order valence-corrected chi connectivity index (χ0v) is 15.4. The number of hydrogen-bond donors (Lipinski definition) is 0. The van der Waals surface area contributed by atoms with E-state index < -0.39 is 12.1 Å². The molecule has 1 aromatic rings. The highest BCUT2D eigenvalue weighted by Crippen LogP contribution is 2.33. The SMILES string of the molecule is C[C@@H](C(=O)c1ccc2c(c1)OCO2)N(C)C(=O)OCCN1CCCCC1. The second-order valence-corrected chi connectivity index (χ2v) is 6.74. The quantitative estimate of drug-likeness (QED) is 0.725. The Morgan fingerprint density at radius 2 is 1.92 bits per heavy atom. The highest BCUT2D eigenvalue weighted by atomic mass is 16.7. The summed E-state index contributed by atoms with van der Waals surface area (Å²) in [7, 11) is 1.58. The van der Waals surface area contributed by atoms with Crippen molar-refractivity contribution in [3.8, 4) is 11.5 Å². The number of fused-ring (bicyclic) bond motifs is 1. The fourth-order valence-corrected chi connectivity index (χ4v) is 3.17. The molecule has 1 aromatic carbocycles. The van der Waals surface area contributed by atoms with Gasteiger partial charge in [0.25, 0.3) is 0 Å². The van der Waals surface area contributed by atoms with Gasteiger partial charge < -0.3 is 19.1 Å². The van der Waals surface area contributed by atoms with Crippen LogP contribution in [0.3, 0.4) is 0 Å². The number of likely N-dealkylation sites (tertiary alicyclic amines) is 1. The van der Waals surface area contributed by atoms with Crippen LogP contribution in [0.25, 0.3) is 0 Å². The van der Waals surface area contributed by atoms with Crippen molar-refractivity contribution in [3.63, 3.8) is 0 Å². The molecule has 2 aliphatic heterocycles. The van der Waals surface area contributed by atoms with Crippen LogP contribution in [-0.4, -0.2) is 67.8 Å². The molecule has 0 bridgehead atoms. The van der Waals surface area contributed by atoms with Crippen molar-refractivity contribution in [2.45, 2.75) is 32.2 Å². The van der Waals surface area contributed by atoms with E-state index in [9.17, 15) is 9.59 Å². The van der Waals surface area contributed by atoms with Gasteiger partial charge in [-0.25, -0.2) is 4.79 Å². The van der Waals surface area contributed by atoms with E-state index in [1.165, 1.54) is 24.2 Å². The average Bonchev–Trinajstić information content (AvgIpc) is 3.14. The molecular formula is C19H26N2O5. The molecule has 26 heavy (non-hydrogen) atoms. The van der Waals surface area contributed by atoms with E-state index in [4.69, 9.17) is 14.2 Å². The number of carbonyl (C=O) groups is 2. The minimum Gasteiger partial charge on any atom is -0.454 e. The number of benzene rings is 1. The van der Waals surface area contributed by atoms with E-state index in [1.54, 1.807) is 32.2 Å². The fraction of sp³-hybridized carbons (Fsp3) is 0.579. The molecule has 0 aliphatic carbocycles. The molecule has 0 N–H and O–H groups in total. The minimum atomic E-state index is -0.627. The largest absolute Gasteiger partial charge is 0.454 e. The van der Waals surface area contributed by atoms with Crippen LogP contribution in [0.4, 0.5) is 4.79 Å². The summed E-state index contributed by atoms with van der Waals surface area (Å²) < 4.78 is 15.9. The van der Waals surface area contributed by atoms with Crippen molar-refractivity contribution in [2.75, 3.05) is 40.1 Å². The van der Waals surface area contributed by atoms with Gasteiger partial charge in [0.15, 0.2) is 17.3 Å². The third-order valence-corrected chi connectivity index (χ3v) is 4.99. The van der Waals surface area contributed by atoms with Gasteiger partial charge in [-0.15, -0.1) is 0 Å². The Hall–Kier alpha value is -2.28. The molecule has 0 aromatic heterocycles. The Bertz CT molecular complexity index is 657. The number of ether oxygens (including phenoxy) is 3. The predicted octanol–water partition coefficient (Wildman–Crippen LogP) is 2.54. The lowest BCUT2D eigenvalue weighted by Crippen LogP contribution is -2.41. The first kappa shape index (κ1) is 18.5. The van der Waals surface area contributed by atoms with Gasteiger partial charge in [0, 0.05) is 19.2 Å². The first-order chi connectivity index (χ1) is 12.6. The molecule has 2 aliphatic rings. The lowest BCUT2D eigenvalue weighted by atomic mass is 10.0. The predicted molar refractivity (Wildman–Crippen MR) is 95.8 cm³/mol. The highest BCUT2D eigenvalue weighted by molar-refractivity contribution is 6.01. The summed E-state index contributed by atoms with van der Waals surface area (Å²) in [5.41, 5.74) is 0.481. The van der Waals surface area contributed by atoms with Crippen molar-refractivity contribution in [1.29, 1.82) is 0 Å². The van der Waals surface area contributed by atoms with Crippen LogP contribution in [0, 0.1) is 0 Å². The summed E-state index contributed by atoms with van der Waals surface area (Å²) in [6, 6.07) is 4.41. The molecule has 0 radical (unpaired) electrons. The van der Waals surface area contributed by atoms with Crippen molar-refractivity contribution in [2.24, 2.45) is 0 Å². The third kappa shape index (κ3) is 4.27. The lowest BCUT2D eigenvalue weighted by Gasteiger charge is -2.27. The van der Waals surface area contributed by atoms with Gasteiger partial charge in [0.2, 0.25) is 6.79 Å². The Morgan fingerprint density at radius 3 is 2.69 bits per heavy atom. The van der Waals surface area contributed by atoms with Crippen LogP contribution in [0.2, 0.25) is 0 Å². The van der Waals surface area contributed by atoms with Crippen LogP contribution in [0.5, 0.6) is 11.5 Å². The van der Waals surface area contributed by atoms with Crippen LogP contribution in [0.1, 0.15) is 36.5 Å². The van der Waals surface area contributed by atoms with E-state index in [2.05, 4.69) is 4.90 Å². The van der Waals surface area contributed by atoms with Gasteiger partial charge in [-0.3, -0.25) is 9.69 Å². The molecule has 1 saturated heterocycles. The molecule has 0 saturated carbocycles. The molecule has 7 heteroatoms. The standard InChI is InChI=1S/C19H26N2O5/c1-14(18(22)15-6-7-16-17(12-15)26-13-25-16)20(2)19(23)24-11-10-21-8-4-3-5-9-21/h6-7,12,14H,3-5,8-11,13H2,1-2H3/t14-/m0/s1. The minimum absolute atomic E-state index is 0.159. The number of amides is 1. The van der Waals surface area contributed by atoms with Gasteiger partial charge in [-0.05, 0) is 51.1 Å². The molecule has 1 atom stereocenters. The maximum Gasteiger partial charge on any atom is 0.410 e. The fourth-order valence-electron chi connectivity index (χ4n) is 3.17. The summed E-state index contributed by atoms with van der Waals surface area (Å²) in [4.78, 5) is 28.5. The van der Waals surface area contributed by atoms with E-state index >= 15 is 0 Å². The van der Waals surface area contributed by atoms with Gasteiger partial charge in [0.05, 0.1) is 6.04 Å². The van der Waals surface area contributed by atoms with E-state index in [-0.39, 0.29) is 12.6 Å². The molecule has 1 fully saturated rings. The van der Waals surface area contributed by atoms with Crippen molar-refractivity contribution in [3.05, 3.63) is 23.8 Å². The molecule has 0 unspecified atom stereocenters. The van der Waals surface area contributed by atoms with Crippen LogP contribution in [-0.2, 0) is 4.74 Å². The first-order valence-electron chi connectivity index (χ1n) is 9.12. The number of nitrogens with zero attached hydrogens (tertiary/aromatic N) is 2. The van der Waals surface area contributed by atoms with E-state index in [1.807, 2.05) is 0 Å². The molecule has 7 nitrogen and oxygen atoms in total. The van der Waals surface area contributed by atoms with Crippen molar-refractivity contribution in [1.82, 2.24) is 9.80 Å². The number of hydrogen-bond acceptors (Lipinski definition) is 6. The van der Waals surface area contributed by atoms with Crippen LogP contribution >= 0.6 is 0 Å². The van der Waals surface area contributed by atoms with Crippen LogP contribution in [0.15, 0.2) is 18.2 Å². The Balaban J connectivity index is 1.50. The second-order valence-electron chi connectivity index (χ2n) is 6.74. The highest BCUT2D eigenvalue weighted by Gasteiger charge is 2.26. The average molecular weight is 362 g/mol. The Morgan fingerprint density at radius 1 is 1.19 bits per heavy atom. The van der Waals surface area contributed by atoms with E-state index in [0.29, 0.717) is 23.7 Å². The summed E-state index contributed by atoms with van der Waals surface area (Å²) in [6.45, 7) is 5.06. The van der Waals surface area contributed by atoms with Gasteiger partial charge >= 0.3 is 6.09 Å². The Labute approximate surface area is 153 Å². The molecule has 0 spiro atoms. The number of Topliss-reactive ketones (excluding diaryl/α,β-unsaturated/α-hetero) is 1. The molecule has 1 amide bonds. The first-order valence-corrected chi connectivity index (χ1v) is 9.12. The maximum absolute atomic E-state index is 12.7. The summed E-state index contributed by atoms with van der Waals surface area (Å²) >= 11 is 0. The molecule has 142 valence electrons.